The zero-order valence-corrected chi connectivity index (χ0v) is 11.4. The quantitative estimate of drug-likeness (QED) is 0.814. The molecule has 1 rings (SSSR count). The summed E-state index contributed by atoms with van der Waals surface area (Å²) < 4.78 is 65.2. The number of ether oxygens (including phenoxy) is 1. The van der Waals surface area contributed by atoms with Crippen molar-refractivity contribution >= 4 is 21.7 Å². The van der Waals surface area contributed by atoms with Crippen LogP contribution < -0.4 is 9.46 Å². The number of halogens is 3. The average molecular weight is 328 g/mol. The number of pyridine rings is 1. The van der Waals surface area contributed by atoms with Gasteiger partial charge in [0.2, 0.25) is 15.9 Å². The van der Waals surface area contributed by atoms with Gasteiger partial charge < -0.3 is 9.84 Å². The molecule has 118 valence electrons. The third kappa shape index (κ3) is 5.45. The first-order valence-corrected chi connectivity index (χ1v) is 6.96. The Labute approximate surface area is 117 Å². The van der Waals surface area contributed by atoms with E-state index in [0.717, 1.165) is 25.3 Å². The maximum absolute atomic E-state index is 11.9. The maximum Gasteiger partial charge on any atom is 0.422 e. The number of alkyl halides is 3. The molecule has 0 saturated carbocycles. The molecule has 0 spiro atoms. The third-order valence-electron chi connectivity index (χ3n) is 2.19. The van der Waals surface area contributed by atoms with Crippen molar-refractivity contribution in [2.45, 2.75) is 18.3 Å². The molecule has 0 radical (unpaired) electrons. The first-order valence-electron chi connectivity index (χ1n) is 5.41. The summed E-state index contributed by atoms with van der Waals surface area (Å²) in [6.07, 6.45) is -3.60. The number of hydrogen-bond donors (Lipinski definition) is 2. The predicted octanol–water partition coefficient (Wildman–Crippen LogP) is 1.24. The van der Waals surface area contributed by atoms with Gasteiger partial charge in [-0.1, -0.05) is 0 Å². The van der Waals surface area contributed by atoms with E-state index in [1.165, 1.54) is 0 Å². The molecule has 1 aromatic heterocycles. The van der Waals surface area contributed by atoms with Gasteiger partial charge in [0.15, 0.2) is 11.9 Å². The fourth-order valence-corrected chi connectivity index (χ4v) is 1.96. The van der Waals surface area contributed by atoms with Gasteiger partial charge >= 0.3 is 12.1 Å². The Hall–Kier alpha value is -2.04. The molecule has 1 unspecified atom stereocenters. The summed E-state index contributed by atoms with van der Waals surface area (Å²) in [5, 5.41) is 6.93. The number of hydrogen-bond acceptors (Lipinski definition) is 5. The lowest BCUT2D eigenvalue weighted by molar-refractivity contribution is -0.154. The summed E-state index contributed by atoms with van der Waals surface area (Å²) in [4.78, 5) is 14.1. The minimum absolute atomic E-state index is 0.0949. The van der Waals surface area contributed by atoms with Gasteiger partial charge in [0.25, 0.3) is 0 Å². The number of carboxylic acids is 1. The van der Waals surface area contributed by atoms with Crippen LogP contribution in [0.15, 0.2) is 18.3 Å². The summed E-state index contributed by atoms with van der Waals surface area (Å²) in [5.41, 5.74) is -0.0949. The number of rotatable bonds is 6. The van der Waals surface area contributed by atoms with Crippen LogP contribution in [0.4, 0.5) is 18.9 Å². The van der Waals surface area contributed by atoms with Crippen LogP contribution in [0.25, 0.3) is 0 Å². The zero-order chi connectivity index (χ0) is 16.3. The molecule has 0 aliphatic rings. The van der Waals surface area contributed by atoms with E-state index in [4.69, 9.17) is 5.11 Å². The Morgan fingerprint density at radius 2 is 2.10 bits per heavy atom. The summed E-state index contributed by atoms with van der Waals surface area (Å²) in [6, 6.07) is 2.12. The van der Waals surface area contributed by atoms with Crippen molar-refractivity contribution in [3.8, 4) is 5.88 Å². The molecule has 1 heterocycles. The van der Waals surface area contributed by atoms with Crippen molar-refractivity contribution in [3.63, 3.8) is 0 Å². The minimum Gasteiger partial charge on any atom is -0.480 e. The molecular weight excluding hydrogens is 317 g/mol. The van der Waals surface area contributed by atoms with Crippen molar-refractivity contribution in [1.29, 1.82) is 0 Å². The van der Waals surface area contributed by atoms with Gasteiger partial charge in [0.05, 0.1) is 11.9 Å². The highest BCUT2D eigenvalue weighted by atomic mass is 32.2. The number of carbonyl (C=O) groups is 1. The molecule has 11 heteroatoms. The number of carboxylic acid groups (broad SMARTS) is 1. The van der Waals surface area contributed by atoms with Crippen molar-refractivity contribution in [1.82, 2.24) is 4.98 Å². The number of sulfonamides is 1. The molecule has 0 aliphatic carbocycles. The van der Waals surface area contributed by atoms with E-state index in [-0.39, 0.29) is 11.6 Å². The van der Waals surface area contributed by atoms with Crippen LogP contribution in [0.1, 0.15) is 6.92 Å². The number of anilines is 1. The van der Waals surface area contributed by atoms with E-state index in [0.29, 0.717) is 0 Å². The smallest absolute Gasteiger partial charge is 0.422 e. The second-order valence-corrected chi connectivity index (χ2v) is 5.92. The van der Waals surface area contributed by atoms with Crippen molar-refractivity contribution in [3.05, 3.63) is 18.3 Å². The lowest BCUT2D eigenvalue weighted by Crippen LogP contribution is -2.32. The molecule has 0 aliphatic heterocycles. The van der Waals surface area contributed by atoms with Gasteiger partial charge in [-0.15, -0.1) is 0 Å². The highest BCUT2D eigenvalue weighted by Gasteiger charge is 2.29. The Morgan fingerprint density at radius 3 is 2.52 bits per heavy atom. The van der Waals surface area contributed by atoms with E-state index in [2.05, 4.69) is 9.72 Å². The Bertz CT molecular complexity index is 600. The standard InChI is InChI=1S/C10H11F3N2O5S/c1-6(9(16)17)21(18,19)15-7-2-3-8(14-4-7)20-5-10(11,12)13/h2-4,6,15H,5H2,1H3,(H,16,17). The monoisotopic (exact) mass is 328 g/mol. The van der Waals surface area contributed by atoms with Crippen LogP contribution in [0.3, 0.4) is 0 Å². The molecule has 21 heavy (non-hydrogen) atoms. The molecule has 1 aromatic rings. The highest BCUT2D eigenvalue weighted by molar-refractivity contribution is 7.94. The second kappa shape index (κ2) is 6.16. The van der Waals surface area contributed by atoms with E-state index < -0.39 is 34.0 Å². The van der Waals surface area contributed by atoms with Gasteiger partial charge in [-0.25, -0.2) is 13.4 Å². The summed E-state index contributed by atoms with van der Waals surface area (Å²) >= 11 is 0. The van der Waals surface area contributed by atoms with Gasteiger partial charge in [-0.3, -0.25) is 9.52 Å². The Kier molecular flexibility index (Phi) is 4.99. The highest BCUT2D eigenvalue weighted by Crippen LogP contribution is 2.18. The fraction of sp³-hybridized carbons (Fsp3) is 0.400. The van der Waals surface area contributed by atoms with Gasteiger partial charge in [0.1, 0.15) is 0 Å². The molecule has 2 N–H and O–H groups in total. The predicted molar refractivity (Wildman–Crippen MR) is 65.4 cm³/mol. The molecule has 1 atom stereocenters. The average Bonchev–Trinajstić information content (AvgIpc) is 2.35. The van der Waals surface area contributed by atoms with Gasteiger partial charge in [-0.2, -0.15) is 13.2 Å². The maximum atomic E-state index is 11.9. The van der Waals surface area contributed by atoms with Crippen LogP contribution in [0.2, 0.25) is 0 Å². The first-order chi connectivity index (χ1) is 9.51. The van der Waals surface area contributed by atoms with E-state index >= 15 is 0 Å². The summed E-state index contributed by atoms with van der Waals surface area (Å²) in [6.45, 7) is -0.556. The van der Waals surface area contributed by atoms with Gasteiger partial charge in [0, 0.05) is 6.07 Å². The molecule has 0 fully saturated rings. The molecule has 0 bridgehead atoms. The molecule has 7 nitrogen and oxygen atoms in total. The Morgan fingerprint density at radius 1 is 1.48 bits per heavy atom. The molecular formula is C10H11F3N2O5S. The number of nitrogens with zero attached hydrogens (tertiary/aromatic N) is 1. The van der Waals surface area contributed by atoms with Crippen LogP contribution in [-0.4, -0.2) is 42.5 Å². The molecule has 0 aromatic carbocycles. The number of aromatic nitrogens is 1. The van der Waals surface area contributed by atoms with Crippen LogP contribution in [0, 0.1) is 0 Å². The van der Waals surface area contributed by atoms with Crippen molar-refractivity contribution < 1.29 is 36.2 Å². The fourth-order valence-electron chi connectivity index (χ4n) is 1.07. The third-order valence-corrected chi connectivity index (χ3v) is 3.85. The number of nitrogens with one attached hydrogen (secondary N) is 1. The second-order valence-electron chi connectivity index (χ2n) is 3.92. The molecule has 0 amide bonds. The first kappa shape index (κ1) is 17.0. The summed E-state index contributed by atoms with van der Waals surface area (Å²) in [7, 11) is -4.17. The van der Waals surface area contributed by atoms with Crippen LogP contribution in [0.5, 0.6) is 5.88 Å². The van der Waals surface area contributed by atoms with E-state index in [9.17, 15) is 26.4 Å². The van der Waals surface area contributed by atoms with Crippen molar-refractivity contribution in [2.24, 2.45) is 0 Å². The minimum atomic E-state index is -4.52. The normalized spacial score (nSPS) is 13.5. The summed E-state index contributed by atoms with van der Waals surface area (Å²) in [5.74, 6) is -1.89. The Balaban J connectivity index is 2.73. The molecule has 0 saturated heterocycles. The van der Waals surface area contributed by atoms with E-state index in [1.54, 1.807) is 0 Å². The lowest BCUT2D eigenvalue weighted by atomic mass is 10.4. The largest absolute Gasteiger partial charge is 0.480 e. The topological polar surface area (TPSA) is 106 Å². The SMILES string of the molecule is CC(C(=O)O)S(=O)(=O)Nc1ccc(OCC(F)(F)F)nc1. The van der Waals surface area contributed by atoms with Crippen molar-refractivity contribution in [2.75, 3.05) is 11.3 Å². The zero-order valence-electron chi connectivity index (χ0n) is 10.6. The van der Waals surface area contributed by atoms with Crippen LogP contribution in [-0.2, 0) is 14.8 Å². The van der Waals surface area contributed by atoms with E-state index in [1.807, 2.05) is 4.72 Å². The van der Waals surface area contributed by atoms with Gasteiger partial charge in [-0.05, 0) is 13.0 Å². The number of aliphatic carboxylic acids is 1. The lowest BCUT2D eigenvalue weighted by Gasteiger charge is -2.12. The van der Waals surface area contributed by atoms with Crippen LogP contribution >= 0.6 is 0 Å².